The van der Waals surface area contributed by atoms with Crippen molar-refractivity contribution in [3.63, 3.8) is 0 Å². The summed E-state index contributed by atoms with van der Waals surface area (Å²) in [5.74, 6) is 0.733. The van der Waals surface area contributed by atoms with Gasteiger partial charge >= 0.3 is 0 Å². The molecular formula is C28H34. The SMILES string of the molecule is C=C(c1ccccc1)[C@@]12CCC[C@@H]1CC(CCCCCC)=C2c1ccccc1. The van der Waals surface area contributed by atoms with Gasteiger partial charge < -0.3 is 0 Å². The number of rotatable bonds is 8. The maximum atomic E-state index is 4.73. The molecule has 2 aromatic carbocycles. The highest BCUT2D eigenvalue weighted by molar-refractivity contribution is 5.90. The molecule has 2 aliphatic rings. The van der Waals surface area contributed by atoms with Gasteiger partial charge in [-0.15, -0.1) is 0 Å². The molecule has 0 bridgehead atoms. The highest BCUT2D eigenvalue weighted by atomic mass is 14.6. The Balaban J connectivity index is 1.77. The Morgan fingerprint density at radius 1 is 0.964 bits per heavy atom. The molecule has 0 N–H and O–H groups in total. The third-order valence-corrected chi connectivity index (χ3v) is 7.17. The molecule has 1 fully saturated rings. The van der Waals surface area contributed by atoms with Gasteiger partial charge in [0.15, 0.2) is 0 Å². The van der Waals surface area contributed by atoms with Crippen LogP contribution in [0.2, 0.25) is 0 Å². The van der Waals surface area contributed by atoms with Gasteiger partial charge in [0.1, 0.15) is 0 Å². The first-order chi connectivity index (χ1) is 13.8. The second-order valence-electron chi connectivity index (χ2n) is 8.76. The fraction of sp³-hybridized carbons (Fsp3) is 0.429. The van der Waals surface area contributed by atoms with Crippen LogP contribution in [0.15, 0.2) is 72.8 Å². The summed E-state index contributed by atoms with van der Waals surface area (Å²) in [5, 5.41) is 0. The van der Waals surface area contributed by atoms with Crippen LogP contribution in [-0.2, 0) is 0 Å². The van der Waals surface area contributed by atoms with Gasteiger partial charge in [-0.1, -0.05) is 105 Å². The zero-order valence-electron chi connectivity index (χ0n) is 17.4. The molecule has 1 saturated carbocycles. The standard InChI is InChI=1S/C28H34/c1-3-4-5-8-18-25-21-26-19-13-20-28(26,22(2)23-14-9-6-10-15-23)27(25)24-16-11-7-12-17-24/h6-7,9-12,14-17,26H,2-5,8,13,18-21H2,1H3/t26-,28+/m1/s1. The predicted molar refractivity (Wildman–Crippen MR) is 122 cm³/mol. The van der Waals surface area contributed by atoms with E-state index in [4.69, 9.17) is 6.58 Å². The molecule has 0 spiro atoms. The first-order valence-corrected chi connectivity index (χ1v) is 11.3. The van der Waals surface area contributed by atoms with Crippen molar-refractivity contribution in [2.45, 2.75) is 64.7 Å². The van der Waals surface area contributed by atoms with Crippen LogP contribution in [0.1, 0.15) is 75.8 Å². The van der Waals surface area contributed by atoms with Crippen molar-refractivity contribution in [1.29, 1.82) is 0 Å². The monoisotopic (exact) mass is 370 g/mol. The summed E-state index contributed by atoms with van der Waals surface area (Å²) in [6.45, 7) is 7.03. The number of benzene rings is 2. The molecule has 0 heterocycles. The van der Waals surface area contributed by atoms with Crippen molar-refractivity contribution >= 4 is 11.1 Å². The molecule has 0 unspecified atom stereocenters. The van der Waals surface area contributed by atoms with Crippen molar-refractivity contribution < 1.29 is 0 Å². The van der Waals surface area contributed by atoms with E-state index in [2.05, 4.69) is 67.6 Å². The lowest BCUT2D eigenvalue weighted by molar-refractivity contribution is 0.406. The van der Waals surface area contributed by atoms with Crippen LogP contribution in [0, 0.1) is 11.3 Å². The van der Waals surface area contributed by atoms with E-state index in [1.807, 2.05) is 0 Å². The lowest BCUT2D eigenvalue weighted by Crippen LogP contribution is -2.24. The van der Waals surface area contributed by atoms with Gasteiger partial charge in [0, 0.05) is 5.41 Å². The Morgan fingerprint density at radius 2 is 1.68 bits per heavy atom. The number of allylic oxidation sites excluding steroid dienone is 3. The van der Waals surface area contributed by atoms with Crippen LogP contribution in [-0.4, -0.2) is 0 Å². The van der Waals surface area contributed by atoms with E-state index in [0.29, 0.717) is 0 Å². The smallest absolute Gasteiger partial charge is 0.0239 e. The third-order valence-electron chi connectivity index (χ3n) is 7.17. The van der Waals surface area contributed by atoms with E-state index in [9.17, 15) is 0 Å². The van der Waals surface area contributed by atoms with Crippen LogP contribution in [0.4, 0.5) is 0 Å². The van der Waals surface area contributed by atoms with Crippen LogP contribution in [0.3, 0.4) is 0 Å². The lowest BCUT2D eigenvalue weighted by Gasteiger charge is -2.36. The molecular weight excluding hydrogens is 336 g/mol. The van der Waals surface area contributed by atoms with E-state index in [0.717, 1.165) is 5.92 Å². The number of fused-ring (bicyclic) bond motifs is 1. The molecule has 2 aliphatic carbocycles. The molecule has 0 radical (unpaired) electrons. The lowest BCUT2D eigenvalue weighted by atomic mass is 9.66. The zero-order valence-corrected chi connectivity index (χ0v) is 17.4. The van der Waals surface area contributed by atoms with E-state index in [1.54, 1.807) is 11.1 Å². The fourth-order valence-corrected chi connectivity index (χ4v) is 5.90. The number of unbranched alkanes of at least 4 members (excludes halogenated alkanes) is 3. The van der Waals surface area contributed by atoms with Crippen LogP contribution < -0.4 is 0 Å². The minimum Gasteiger partial charge on any atom is -0.0943 e. The van der Waals surface area contributed by atoms with Crippen LogP contribution >= 0.6 is 0 Å². The Labute approximate surface area is 171 Å². The number of hydrogen-bond donors (Lipinski definition) is 0. The first kappa shape index (κ1) is 19.2. The van der Waals surface area contributed by atoms with Gasteiger partial charge in [0.25, 0.3) is 0 Å². The zero-order chi connectivity index (χ0) is 19.4. The van der Waals surface area contributed by atoms with Gasteiger partial charge in [-0.3, -0.25) is 0 Å². The van der Waals surface area contributed by atoms with Crippen molar-refractivity contribution in [2.24, 2.45) is 11.3 Å². The maximum absolute atomic E-state index is 4.73. The quantitative estimate of drug-likeness (QED) is 0.410. The average molecular weight is 371 g/mol. The minimum atomic E-state index is 0.142. The van der Waals surface area contributed by atoms with E-state index in [1.165, 1.54) is 74.5 Å². The minimum absolute atomic E-state index is 0.142. The molecule has 28 heavy (non-hydrogen) atoms. The molecule has 2 aromatic rings. The Morgan fingerprint density at radius 3 is 2.39 bits per heavy atom. The van der Waals surface area contributed by atoms with Crippen LogP contribution in [0.5, 0.6) is 0 Å². The van der Waals surface area contributed by atoms with Crippen molar-refractivity contribution in [3.8, 4) is 0 Å². The highest BCUT2D eigenvalue weighted by Gasteiger charge is 2.52. The molecule has 0 aromatic heterocycles. The van der Waals surface area contributed by atoms with Gasteiger partial charge in [-0.2, -0.15) is 0 Å². The summed E-state index contributed by atoms with van der Waals surface area (Å²) < 4.78 is 0. The summed E-state index contributed by atoms with van der Waals surface area (Å²) in [4.78, 5) is 0. The summed E-state index contributed by atoms with van der Waals surface area (Å²) in [6, 6.07) is 22.2. The Kier molecular flexibility index (Phi) is 5.85. The molecule has 2 atom stereocenters. The normalized spacial score (nSPS) is 23.8. The van der Waals surface area contributed by atoms with Crippen molar-refractivity contribution in [3.05, 3.63) is 83.9 Å². The first-order valence-electron chi connectivity index (χ1n) is 11.3. The maximum Gasteiger partial charge on any atom is 0.0239 e. The molecule has 4 rings (SSSR count). The van der Waals surface area contributed by atoms with Gasteiger partial charge in [0.2, 0.25) is 0 Å². The van der Waals surface area contributed by atoms with Gasteiger partial charge in [-0.05, 0) is 60.3 Å². The van der Waals surface area contributed by atoms with Gasteiger partial charge in [-0.25, -0.2) is 0 Å². The average Bonchev–Trinajstić information content (AvgIpc) is 3.28. The molecule has 0 heteroatoms. The molecule has 0 aliphatic heterocycles. The number of hydrogen-bond acceptors (Lipinski definition) is 0. The largest absolute Gasteiger partial charge is 0.0943 e. The fourth-order valence-electron chi connectivity index (χ4n) is 5.90. The summed E-state index contributed by atoms with van der Waals surface area (Å²) >= 11 is 0. The van der Waals surface area contributed by atoms with E-state index < -0.39 is 0 Å². The Hall–Kier alpha value is -2.08. The highest BCUT2D eigenvalue weighted by Crippen LogP contribution is 2.66. The van der Waals surface area contributed by atoms with Crippen molar-refractivity contribution in [2.75, 3.05) is 0 Å². The molecule has 0 nitrogen and oxygen atoms in total. The van der Waals surface area contributed by atoms with Crippen molar-refractivity contribution in [1.82, 2.24) is 0 Å². The summed E-state index contributed by atoms with van der Waals surface area (Å²) in [7, 11) is 0. The van der Waals surface area contributed by atoms with Gasteiger partial charge in [0.05, 0.1) is 0 Å². The van der Waals surface area contributed by atoms with E-state index in [-0.39, 0.29) is 5.41 Å². The van der Waals surface area contributed by atoms with Crippen LogP contribution in [0.25, 0.3) is 11.1 Å². The summed E-state index contributed by atoms with van der Waals surface area (Å²) in [5.41, 5.74) is 7.63. The predicted octanol–water partition coefficient (Wildman–Crippen LogP) is 8.31. The second kappa shape index (κ2) is 8.52. The third kappa shape index (κ3) is 3.39. The molecule has 0 amide bonds. The summed E-state index contributed by atoms with van der Waals surface area (Å²) in [6.07, 6.45) is 11.8. The molecule has 146 valence electrons. The molecule has 0 saturated heterocycles. The Bertz CT molecular complexity index is 827. The van der Waals surface area contributed by atoms with E-state index >= 15 is 0 Å². The second-order valence-corrected chi connectivity index (χ2v) is 8.76. The topological polar surface area (TPSA) is 0 Å².